The number of halogens is 4. The van der Waals surface area contributed by atoms with E-state index in [-0.39, 0.29) is 17.1 Å². The molecule has 1 fully saturated rings. The standard InChI is InChI=1S/C31H31F4N5O4/c1-39-8-10-40(11-9-39)18-19-12-20(31(33,34)35)14-21(13-19)37-30(41)38-25-5-4-22(15-24(25)32)44-27-6-7-36-26-17-29(43-3)28(42-2)16-23(26)27/h4-7,12-17H,8-11,18H2,1-3H3,(H2,37,38,41). The first-order valence-electron chi connectivity index (χ1n) is 13.7. The van der Waals surface area contributed by atoms with E-state index >= 15 is 4.39 Å². The molecule has 0 unspecified atom stereocenters. The molecule has 44 heavy (non-hydrogen) atoms. The number of pyridine rings is 1. The molecule has 0 radical (unpaired) electrons. The number of carbonyl (C=O) groups is 1. The van der Waals surface area contributed by atoms with Gasteiger partial charge in [0, 0.05) is 62.1 Å². The van der Waals surface area contributed by atoms with Crippen LogP contribution in [-0.4, -0.2) is 68.3 Å². The second-order valence-electron chi connectivity index (χ2n) is 10.4. The lowest BCUT2D eigenvalue weighted by Gasteiger charge is -2.32. The van der Waals surface area contributed by atoms with Crippen LogP contribution < -0.4 is 24.8 Å². The van der Waals surface area contributed by atoms with E-state index in [1.165, 1.54) is 38.6 Å². The minimum atomic E-state index is -4.61. The van der Waals surface area contributed by atoms with Crippen LogP contribution in [0.3, 0.4) is 0 Å². The van der Waals surface area contributed by atoms with Crippen molar-refractivity contribution in [2.75, 3.05) is 58.1 Å². The number of amides is 2. The van der Waals surface area contributed by atoms with Crippen molar-refractivity contribution < 1.29 is 36.6 Å². The zero-order chi connectivity index (χ0) is 31.4. The number of piperazine rings is 1. The van der Waals surface area contributed by atoms with E-state index in [0.717, 1.165) is 44.4 Å². The Kier molecular flexibility index (Phi) is 9.06. The SMILES string of the molecule is COc1cc2nccc(Oc3ccc(NC(=O)Nc4cc(CN5CCN(C)CC5)cc(C(F)(F)F)c4)c(F)c3)c2cc1OC. The number of alkyl halides is 3. The Balaban J connectivity index is 1.29. The maximum Gasteiger partial charge on any atom is 0.416 e. The van der Waals surface area contributed by atoms with Gasteiger partial charge in [-0.25, -0.2) is 9.18 Å². The van der Waals surface area contributed by atoms with Crippen molar-refractivity contribution in [3.8, 4) is 23.0 Å². The minimum Gasteiger partial charge on any atom is -0.493 e. The molecule has 2 N–H and O–H groups in total. The van der Waals surface area contributed by atoms with E-state index in [2.05, 4.69) is 25.4 Å². The highest BCUT2D eigenvalue weighted by molar-refractivity contribution is 6.00. The van der Waals surface area contributed by atoms with Gasteiger partial charge in [0.15, 0.2) is 11.5 Å². The maximum atomic E-state index is 15.0. The molecule has 0 saturated carbocycles. The molecule has 4 aromatic rings. The first kappa shape index (κ1) is 30.8. The van der Waals surface area contributed by atoms with Gasteiger partial charge in [0.05, 0.1) is 31.0 Å². The van der Waals surface area contributed by atoms with Crippen LogP contribution in [0.5, 0.6) is 23.0 Å². The van der Waals surface area contributed by atoms with Gasteiger partial charge in [-0.3, -0.25) is 9.88 Å². The number of anilines is 2. The van der Waals surface area contributed by atoms with Crippen molar-refractivity contribution in [1.29, 1.82) is 0 Å². The smallest absolute Gasteiger partial charge is 0.416 e. The van der Waals surface area contributed by atoms with Crippen LogP contribution in [0, 0.1) is 5.82 Å². The minimum absolute atomic E-state index is 0.0570. The Morgan fingerprint density at radius 1 is 0.909 bits per heavy atom. The van der Waals surface area contributed by atoms with Gasteiger partial charge in [-0.05, 0) is 55.1 Å². The lowest BCUT2D eigenvalue weighted by molar-refractivity contribution is -0.137. The van der Waals surface area contributed by atoms with Gasteiger partial charge in [-0.15, -0.1) is 0 Å². The van der Waals surface area contributed by atoms with Crippen molar-refractivity contribution >= 4 is 28.3 Å². The fourth-order valence-electron chi connectivity index (χ4n) is 4.89. The molecule has 2 heterocycles. The fraction of sp³-hybridized carbons (Fsp3) is 0.290. The number of benzene rings is 3. The van der Waals surface area contributed by atoms with Crippen LogP contribution >= 0.6 is 0 Å². The van der Waals surface area contributed by atoms with Crippen molar-refractivity contribution in [2.45, 2.75) is 12.7 Å². The summed E-state index contributed by atoms with van der Waals surface area (Å²) in [7, 11) is 5.00. The summed E-state index contributed by atoms with van der Waals surface area (Å²) in [4.78, 5) is 21.2. The summed E-state index contributed by atoms with van der Waals surface area (Å²) < 4.78 is 72.5. The Morgan fingerprint density at radius 3 is 2.32 bits per heavy atom. The molecule has 9 nitrogen and oxygen atoms in total. The zero-order valence-electron chi connectivity index (χ0n) is 24.3. The highest BCUT2D eigenvalue weighted by Crippen LogP contribution is 2.37. The van der Waals surface area contributed by atoms with Gasteiger partial charge in [0.1, 0.15) is 17.3 Å². The second-order valence-corrected chi connectivity index (χ2v) is 10.4. The topological polar surface area (TPSA) is 88.2 Å². The molecule has 13 heteroatoms. The number of hydrogen-bond donors (Lipinski definition) is 2. The summed E-state index contributed by atoms with van der Waals surface area (Å²) in [6.45, 7) is 3.36. The third-order valence-electron chi connectivity index (χ3n) is 7.20. The molecule has 0 spiro atoms. The molecule has 1 saturated heterocycles. The highest BCUT2D eigenvalue weighted by atomic mass is 19.4. The third-order valence-corrected chi connectivity index (χ3v) is 7.20. The van der Waals surface area contributed by atoms with Crippen molar-refractivity contribution in [1.82, 2.24) is 14.8 Å². The lowest BCUT2D eigenvalue weighted by Crippen LogP contribution is -2.43. The Bertz CT molecular complexity index is 1660. The largest absolute Gasteiger partial charge is 0.493 e. The van der Waals surface area contributed by atoms with E-state index in [0.29, 0.717) is 40.3 Å². The number of carbonyl (C=O) groups excluding carboxylic acids is 1. The van der Waals surface area contributed by atoms with Crippen LogP contribution in [0.25, 0.3) is 10.9 Å². The average molecular weight is 614 g/mol. The van der Waals surface area contributed by atoms with E-state index in [1.54, 1.807) is 18.2 Å². The van der Waals surface area contributed by atoms with Gasteiger partial charge >= 0.3 is 12.2 Å². The molecule has 1 aromatic heterocycles. The van der Waals surface area contributed by atoms with E-state index < -0.39 is 23.6 Å². The van der Waals surface area contributed by atoms with E-state index in [9.17, 15) is 18.0 Å². The summed E-state index contributed by atoms with van der Waals surface area (Å²) in [5.74, 6) is 0.658. The Labute approximate surface area is 251 Å². The molecule has 0 aliphatic carbocycles. The molecule has 1 aliphatic rings. The van der Waals surface area contributed by atoms with Gasteiger partial charge in [0.25, 0.3) is 0 Å². The second kappa shape index (κ2) is 12.9. The summed E-state index contributed by atoms with van der Waals surface area (Å²) in [6.07, 6.45) is -3.07. The number of aromatic nitrogens is 1. The number of rotatable bonds is 8. The number of ether oxygens (including phenoxy) is 3. The molecule has 0 bridgehead atoms. The molecule has 2 amide bonds. The maximum absolute atomic E-state index is 15.0. The predicted molar refractivity (Wildman–Crippen MR) is 158 cm³/mol. The van der Waals surface area contributed by atoms with Crippen molar-refractivity contribution in [3.63, 3.8) is 0 Å². The van der Waals surface area contributed by atoms with Gasteiger partial charge in [-0.2, -0.15) is 13.2 Å². The average Bonchev–Trinajstić information content (AvgIpc) is 2.98. The number of hydrogen-bond acceptors (Lipinski definition) is 7. The van der Waals surface area contributed by atoms with Crippen LogP contribution in [0.2, 0.25) is 0 Å². The number of methoxy groups -OCH3 is 2. The van der Waals surface area contributed by atoms with Crippen LogP contribution in [0.15, 0.2) is 60.8 Å². The van der Waals surface area contributed by atoms with E-state index in [1.807, 2.05) is 7.05 Å². The number of nitrogens with zero attached hydrogens (tertiary/aromatic N) is 3. The van der Waals surface area contributed by atoms with Gasteiger partial charge in [-0.1, -0.05) is 0 Å². The molecule has 3 aromatic carbocycles. The normalized spacial score (nSPS) is 14.3. The molecule has 0 atom stereocenters. The summed E-state index contributed by atoms with van der Waals surface area (Å²) in [5.41, 5.74) is -0.153. The lowest BCUT2D eigenvalue weighted by atomic mass is 10.1. The molecule has 232 valence electrons. The Morgan fingerprint density at radius 2 is 1.64 bits per heavy atom. The van der Waals surface area contributed by atoms with Crippen molar-refractivity contribution in [3.05, 3.63) is 77.7 Å². The predicted octanol–water partition coefficient (Wildman–Crippen LogP) is 6.59. The fourth-order valence-corrected chi connectivity index (χ4v) is 4.89. The number of likely N-dealkylation sites (N-methyl/N-ethyl adjacent to an activating group) is 1. The number of nitrogens with one attached hydrogen (secondary N) is 2. The molecular weight excluding hydrogens is 582 g/mol. The van der Waals surface area contributed by atoms with Crippen LogP contribution in [-0.2, 0) is 12.7 Å². The Hall–Kier alpha value is -4.62. The van der Waals surface area contributed by atoms with Crippen LogP contribution in [0.1, 0.15) is 11.1 Å². The quantitative estimate of drug-likeness (QED) is 0.217. The van der Waals surface area contributed by atoms with Gasteiger partial charge in [0.2, 0.25) is 0 Å². The summed E-state index contributed by atoms with van der Waals surface area (Å²) in [5, 5.41) is 5.36. The van der Waals surface area contributed by atoms with Crippen molar-refractivity contribution in [2.24, 2.45) is 0 Å². The molecular formula is C31H31F4N5O4. The number of fused-ring (bicyclic) bond motifs is 1. The third kappa shape index (κ3) is 7.29. The van der Waals surface area contributed by atoms with E-state index in [4.69, 9.17) is 14.2 Å². The number of urea groups is 1. The molecule has 1 aliphatic heterocycles. The molecule has 5 rings (SSSR count). The monoisotopic (exact) mass is 613 g/mol. The summed E-state index contributed by atoms with van der Waals surface area (Å²) in [6, 6.07) is 11.3. The first-order valence-corrected chi connectivity index (χ1v) is 13.7. The zero-order valence-corrected chi connectivity index (χ0v) is 24.3. The first-order chi connectivity index (χ1) is 21.0. The highest BCUT2D eigenvalue weighted by Gasteiger charge is 2.31. The van der Waals surface area contributed by atoms with Crippen LogP contribution in [0.4, 0.5) is 33.7 Å². The van der Waals surface area contributed by atoms with Gasteiger partial charge < -0.3 is 29.7 Å². The summed E-state index contributed by atoms with van der Waals surface area (Å²) >= 11 is 0.